The Kier molecular flexibility index (Phi) is 11.0. The predicted molar refractivity (Wildman–Crippen MR) is 117 cm³/mol. The van der Waals surface area contributed by atoms with Crippen molar-refractivity contribution in [3.63, 3.8) is 0 Å². The van der Waals surface area contributed by atoms with Crippen LogP contribution in [0.15, 0.2) is 12.5 Å². The third-order valence-corrected chi connectivity index (χ3v) is 4.72. The average Bonchev–Trinajstić information content (AvgIpc) is 3.23. The quantitative estimate of drug-likeness (QED) is 0.164. The highest BCUT2D eigenvalue weighted by atomic mass is 16.4. The minimum Gasteiger partial charge on any atom is -0.480 e. The molecular weight excluding hydrogens is 434 g/mol. The van der Waals surface area contributed by atoms with Crippen LogP contribution in [-0.4, -0.2) is 68.8 Å². The molecule has 0 saturated heterocycles. The molecule has 0 fully saturated rings. The van der Waals surface area contributed by atoms with Crippen molar-refractivity contribution in [2.45, 2.75) is 70.6 Å². The Balaban J connectivity index is 2.76. The van der Waals surface area contributed by atoms with Crippen LogP contribution in [0.3, 0.4) is 0 Å². The zero-order valence-electron chi connectivity index (χ0n) is 19.0. The van der Waals surface area contributed by atoms with E-state index in [-0.39, 0.29) is 31.6 Å². The molecule has 1 heterocycles. The lowest BCUT2D eigenvalue weighted by Crippen LogP contribution is -2.56. The van der Waals surface area contributed by atoms with E-state index >= 15 is 0 Å². The lowest BCUT2D eigenvalue weighted by Gasteiger charge is -2.24. The summed E-state index contributed by atoms with van der Waals surface area (Å²) in [5, 5.41) is 16.9. The van der Waals surface area contributed by atoms with Crippen LogP contribution in [0.2, 0.25) is 0 Å². The van der Waals surface area contributed by atoms with Gasteiger partial charge in [-0.2, -0.15) is 0 Å². The van der Waals surface area contributed by atoms with Gasteiger partial charge in [0.2, 0.25) is 23.6 Å². The monoisotopic (exact) mass is 467 g/mol. The van der Waals surface area contributed by atoms with Gasteiger partial charge in [0.25, 0.3) is 0 Å². The minimum absolute atomic E-state index is 0.00375. The molecule has 4 amide bonds. The molecule has 4 unspecified atom stereocenters. The zero-order valence-corrected chi connectivity index (χ0v) is 19.0. The topological polar surface area (TPSA) is 222 Å². The van der Waals surface area contributed by atoms with Crippen LogP contribution in [-0.2, 0) is 30.4 Å². The second-order valence-corrected chi connectivity index (χ2v) is 8.21. The van der Waals surface area contributed by atoms with Gasteiger partial charge in [0.1, 0.15) is 18.1 Å². The van der Waals surface area contributed by atoms with Crippen molar-refractivity contribution in [1.29, 1.82) is 0 Å². The number of carboxylic acid groups (broad SMARTS) is 1. The van der Waals surface area contributed by atoms with E-state index in [1.807, 2.05) is 13.8 Å². The molecule has 0 saturated carbocycles. The molecule has 0 aliphatic carbocycles. The van der Waals surface area contributed by atoms with Crippen molar-refractivity contribution in [1.82, 2.24) is 25.9 Å². The van der Waals surface area contributed by atoms with Crippen molar-refractivity contribution in [2.75, 3.05) is 0 Å². The lowest BCUT2D eigenvalue weighted by molar-refractivity contribution is -0.142. The van der Waals surface area contributed by atoms with Gasteiger partial charge < -0.3 is 37.5 Å². The number of amides is 4. The molecule has 0 bridgehead atoms. The molecule has 0 aromatic carbocycles. The standard InChI is InChI=1S/C20H33N7O6/c1-10(2)6-14(19(31)27-15(20(32)33)7-12-8-23-9-24-12)26-17(29)11(3)25-18(30)13(21)4-5-16(22)28/h8-11,13-15H,4-7,21H2,1-3H3,(H2,22,28)(H,23,24)(H,25,30)(H,26,29)(H,27,31)(H,32,33). The molecule has 13 heteroatoms. The number of aromatic amines is 1. The maximum absolute atomic E-state index is 12.8. The Morgan fingerprint density at radius 2 is 1.67 bits per heavy atom. The summed E-state index contributed by atoms with van der Waals surface area (Å²) in [4.78, 5) is 66.5. The molecule has 184 valence electrons. The first-order valence-corrected chi connectivity index (χ1v) is 10.6. The smallest absolute Gasteiger partial charge is 0.326 e. The fourth-order valence-electron chi connectivity index (χ4n) is 2.90. The lowest BCUT2D eigenvalue weighted by atomic mass is 10.0. The van der Waals surface area contributed by atoms with Crippen molar-refractivity contribution in [2.24, 2.45) is 17.4 Å². The summed E-state index contributed by atoms with van der Waals surface area (Å²) in [6.07, 6.45) is 3.03. The van der Waals surface area contributed by atoms with Gasteiger partial charge in [-0.15, -0.1) is 0 Å². The van der Waals surface area contributed by atoms with Crippen LogP contribution in [0.1, 0.15) is 45.7 Å². The summed E-state index contributed by atoms with van der Waals surface area (Å²) in [6.45, 7) is 5.10. The number of carbonyl (C=O) groups excluding carboxylic acids is 4. The predicted octanol–water partition coefficient (Wildman–Crippen LogP) is -1.85. The maximum atomic E-state index is 12.8. The molecule has 9 N–H and O–H groups in total. The van der Waals surface area contributed by atoms with Gasteiger partial charge in [0.15, 0.2) is 0 Å². The number of hydrogen-bond acceptors (Lipinski definition) is 7. The molecule has 1 rings (SSSR count). The fourth-order valence-corrected chi connectivity index (χ4v) is 2.90. The van der Waals surface area contributed by atoms with E-state index in [1.165, 1.54) is 19.4 Å². The van der Waals surface area contributed by atoms with Crippen LogP contribution >= 0.6 is 0 Å². The number of rotatable bonds is 14. The van der Waals surface area contributed by atoms with Crippen LogP contribution in [0.5, 0.6) is 0 Å². The molecule has 0 aliphatic heterocycles. The van der Waals surface area contributed by atoms with Crippen LogP contribution in [0.25, 0.3) is 0 Å². The summed E-state index contributed by atoms with van der Waals surface area (Å²) in [5.74, 6) is -3.79. The molecule has 4 atom stereocenters. The third kappa shape index (κ3) is 10.1. The van der Waals surface area contributed by atoms with E-state index in [9.17, 15) is 29.1 Å². The number of nitrogens with one attached hydrogen (secondary N) is 4. The first-order chi connectivity index (χ1) is 15.4. The summed E-state index contributed by atoms with van der Waals surface area (Å²) in [7, 11) is 0. The number of H-pyrrole nitrogens is 1. The number of hydrogen-bond donors (Lipinski definition) is 7. The molecule has 1 aromatic rings. The van der Waals surface area contributed by atoms with Crippen molar-refractivity contribution in [3.8, 4) is 0 Å². The summed E-state index contributed by atoms with van der Waals surface area (Å²) >= 11 is 0. The first-order valence-electron chi connectivity index (χ1n) is 10.6. The number of carbonyl (C=O) groups is 5. The molecule has 0 spiro atoms. The second-order valence-electron chi connectivity index (χ2n) is 8.21. The molecule has 0 aliphatic rings. The molecular formula is C20H33N7O6. The van der Waals surface area contributed by atoms with E-state index in [1.54, 1.807) is 0 Å². The fraction of sp³-hybridized carbons (Fsp3) is 0.600. The molecule has 1 aromatic heterocycles. The summed E-state index contributed by atoms with van der Waals surface area (Å²) in [6, 6.07) is -4.31. The molecule has 13 nitrogen and oxygen atoms in total. The Bertz CT molecular complexity index is 827. The second kappa shape index (κ2) is 13.2. The van der Waals surface area contributed by atoms with Crippen molar-refractivity contribution in [3.05, 3.63) is 18.2 Å². The third-order valence-electron chi connectivity index (χ3n) is 4.72. The van der Waals surface area contributed by atoms with E-state index < -0.39 is 53.8 Å². The number of primary amides is 1. The van der Waals surface area contributed by atoms with Gasteiger partial charge in [-0.05, 0) is 25.7 Å². The van der Waals surface area contributed by atoms with Crippen LogP contribution in [0.4, 0.5) is 0 Å². The Morgan fingerprint density at radius 1 is 1.03 bits per heavy atom. The zero-order chi connectivity index (χ0) is 25.1. The van der Waals surface area contributed by atoms with Gasteiger partial charge in [0.05, 0.1) is 12.4 Å². The number of aliphatic carboxylic acids is 1. The van der Waals surface area contributed by atoms with Gasteiger partial charge in [-0.1, -0.05) is 13.8 Å². The maximum Gasteiger partial charge on any atom is 0.326 e. The number of carboxylic acids is 1. The summed E-state index contributed by atoms with van der Waals surface area (Å²) < 4.78 is 0. The normalized spacial score (nSPS) is 14.6. The molecule has 33 heavy (non-hydrogen) atoms. The van der Waals surface area contributed by atoms with Crippen LogP contribution in [0, 0.1) is 5.92 Å². The Labute approximate surface area is 191 Å². The van der Waals surface area contributed by atoms with Crippen molar-refractivity contribution >= 4 is 29.6 Å². The highest BCUT2D eigenvalue weighted by Gasteiger charge is 2.29. The van der Waals surface area contributed by atoms with E-state index in [4.69, 9.17) is 11.5 Å². The highest BCUT2D eigenvalue weighted by molar-refractivity contribution is 5.94. The van der Waals surface area contributed by atoms with E-state index in [0.29, 0.717) is 5.69 Å². The molecule has 0 radical (unpaired) electrons. The van der Waals surface area contributed by atoms with Crippen molar-refractivity contribution < 1.29 is 29.1 Å². The first kappa shape index (κ1) is 27.6. The van der Waals surface area contributed by atoms with Gasteiger partial charge in [0, 0.05) is 24.7 Å². The summed E-state index contributed by atoms with van der Waals surface area (Å²) in [5.41, 5.74) is 11.2. The number of nitrogens with zero attached hydrogens (tertiary/aromatic N) is 1. The average molecular weight is 468 g/mol. The van der Waals surface area contributed by atoms with Crippen LogP contribution < -0.4 is 27.4 Å². The van der Waals surface area contributed by atoms with E-state index in [2.05, 4.69) is 25.9 Å². The minimum atomic E-state index is -1.24. The number of nitrogens with two attached hydrogens (primary N) is 2. The largest absolute Gasteiger partial charge is 0.480 e. The Hall–Kier alpha value is -3.48. The number of imidazole rings is 1. The highest BCUT2D eigenvalue weighted by Crippen LogP contribution is 2.07. The Morgan fingerprint density at radius 3 is 2.18 bits per heavy atom. The van der Waals surface area contributed by atoms with Gasteiger partial charge in [-0.25, -0.2) is 9.78 Å². The van der Waals surface area contributed by atoms with Gasteiger partial charge >= 0.3 is 5.97 Å². The van der Waals surface area contributed by atoms with Gasteiger partial charge in [-0.3, -0.25) is 19.2 Å². The van der Waals surface area contributed by atoms with E-state index in [0.717, 1.165) is 0 Å². The number of aromatic nitrogens is 2. The SMILES string of the molecule is CC(C)CC(NC(=O)C(C)NC(=O)C(N)CCC(N)=O)C(=O)NC(Cc1cnc[nH]1)C(=O)O.